The van der Waals surface area contributed by atoms with Gasteiger partial charge in [0, 0.05) is 12.8 Å². The maximum absolute atomic E-state index is 12.7. The molecule has 1 rings (SSSR count). The van der Waals surface area contributed by atoms with Gasteiger partial charge < -0.3 is 39.9 Å². The summed E-state index contributed by atoms with van der Waals surface area (Å²) in [6, 6.07) is 0. The molecule has 1 aliphatic carbocycles. The van der Waals surface area contributed by atoms with Crippen LogP contribution < -0.4 is 0 Å². The Morgan fingerprint density at radius 1 is 0.633 bits per heavy atom. The number of carbonyl (C=O) groups excluding carboxylic acids is 2. The Bertz CT molecular complexity index is 975. The standard InChI is InChI=1S/C35H63O13P/c1-3-5-7-9-11-12-13-14-15-16-17-18-20-22-24-29(37)47-27(25-45-28(36)23-21-19-10-8-6-4-2)26-46-49(43,44)48-35-33(41)31(39)30(38)32(40)34(35)42/h14-15,17-18,27,30-35,38-42H,3-13,16,19-26H2,1-2H3,(H,43,44)/b15-14-,18-17-/t27-,30?,31-,32+,33-,34-,35?/m1/s1. The number of phosphoric ester groups is 1. The van der Waals surface area contributed by atoms with Crippen LogP contribution in [-0.2, 0) is 32.7 Å². The van der Waals surface area contributed by atoms with Crippen molar-refractivity contribution >= 4 is 19.8 Å². The van der Waals surface area contributed by atoms with Crippen LogP contribution in [0.15, 0.2) is 24.3 Å². The molecule has 0 aromatic heterocycles. The molecule has 0 aromatic rings. The van der Waals surface area contributed by atoms with E-state index >= 15 is 0 Å². The molecule has 13 nitrogen and oxygen atoms in total. The van der Waals surface area contributed by atoms with E-state index in [1.807, 2.05) is 12.2 Å². The summed E-state index contributed by atoms with van der Waals surface area (Å²) >= 11 is 0. The van der Waals surface area contributed by atoms with Crippen molar-refractivity contribution in [2.24, 2.45) is 0 Å². The lowest BCUT2D eigenvalue weighted by Gasteiger charge is -2.41. The van der Waals surface area contributed by atoms with E-state index in [-0.39, 0.29) is 12.8 Å². The van der Waals surface area contributed by atoms with Crippen LogP contribution in [0.3, 0.4) is 0 Å². The van der Waals surface area contributed by atoms with E-state index in [0.717, 1.165) is 44.9 Å². The van der Waals surface area contributed by atoms with Crippen LogP contribution >= 0.6 is 7.82 Å². The van der Waals surface area contributed by atoms with Gasteiger partial charge in [0.2, 0.25) is 0 Å². The Balaban J connectivity index is 2.59. The molecule has 0 aromatic carbocycles. The van der Waals surface area contributed by atoms with Crippen molar-refractivity contribution in [3.63, 3.8) is 0 Å². The topological polar surface area (TPSA) is 210 Å². The number of allylic oxidation sites excluding steroid dienone is 4. The van der Waals surface area contributed by atoms with Crippen LogP contribution in [-0.4, -0.2) is 98.3 Å². The summed E-state index contributed by atoms with van der Waals surface area (Å²) in [7, 11) is -5.11. The van der Waals surface area contributed by atoms with Crippen molar-refractivity contribution < 1.29 is 63.1 Å². The minimum Gasteiger partial charge on any atom is -0.462 e. The molecule has 1 fully saturated rings. The van der Waals surface area contributed by atoms with E-state index in [2.05, 4.69) is 26.0 Å². The van der Waals surface area contributed by atoms with Gasteiger partial charge in [0.25, 0.3) is 0 Å². The molecule has 14 heteroatoms. The fourth-order valence-corrected chi connectivity index (χ4v) is 6.24. The summed E-state index contributed by atoms with van der Waals surface area (Å²) in [5, 5.41) is 49.7. The maximum atomic E-state index is 12.7. The molecule has 0 bridgehead atoms. The monoisotopic (exact) mass is 722 g/mol. The lowest BCUT2D eigenvalue weighted by atomic mass is 9.85. The number of aliphatic hydroxyl groups is 5. The number of carbonyl (C=O) groups is 2. The quantitative estimate of drug-likeness (QED) is 0.0274. The van der Waals surface area contributed by atoms with Crippen LogP contribution in [0.4, 0.5) is 0 Å². The summed E-state index contributed by atoms with van der Waals surface area (Å²) in [4.78, 5) is 35.1. The molecule has 1 aliphatic rings. The van der Waals surface area contributed by atoms with Crippen LogP contribution in [0.2, 0.25) is 0 Å². The molecule has 8 atom stereocenters. The highest BCUT2D eigenvalue weighted by Crippen LogP contribution is 2.47. The van der Waals surface area contributed by atoms with E-state index in [0.29, 0.717) is 19.3 Å². The molecule has 0 heterocycles. The maximum Gasteiger partial charge on any atom is 0.472 e. The van der Waals surface area contributed by atoms with Gasteiger partial charge in [-0.25, -0.2) is 4.57 Å². The van der Waals surface area contributed by atoms with Crippen molar-refractivity contribution in [2.75, 3.05) is 13.2 Å². The first-order chi connectivity index (χ1) is 23.4. The number of aliphatic hydroxyl groups excluding tert-OH is 5. The first-order valence-corrected chi connectivity index (χ1v) is 19.6. The lowest BCUT2D eigenvalue weighted by molar-refractivity contribution is -0.220. The second kappa shape index (κ2) is 27.0. The number of hydrogen-bond donors (Lipinski definition) is 6. The molecule has 49 heavy (non-hydrogen) atoms. The number of ether oxygens (including phenoxy) is 2. The fraction of sp³-hybridized carbons (Fsp3) is 0.829. The van der Waals surface area contributed by atoms with Gasteiger partial charge in [0.1, 0.15) is 43.2 Å². The number of hydrogen-bond acceptors (Lipinski definition) is 12. The van der Waals surface area contributed by atoms with Gasteiger partial charge in [0.15, 0.2) is 6.10 Å². The summed E-state index contributed by atoms with van der Waals surface area (Å²) in [5.41, 5.74) is 0. The Hall–Kier alpha value is -1.67. The highest BCUT2D eigenvalue weighted by Gasteiger charge is 2.51. The normalized spacial score (nSPS) is 24.7. The number of phosphoric acid groups is 1. The first kappa shape index (κ1) is 45.4. The minimum atomic E-state index is -5.11. The van der Waals surface area contributed by atoms with E-state index in [9.17, 15) is 44.6 Å². The van der Waals surface area contributed by atoms with Crippen molar-refractivity contribution in [2.45, 2.75) is 172 Å². The van der Waals surface area contributed by atoms with Crippen LogP contribution in [0, 0.1) is 0 Å². The molecule has 0 radical (unpaired) electrons. The average molecular weight is 723 g/mol. The predicted molar refractivity (Wildman–Crippen MR) is 184 cm³/mol. The summed E-state index contributed by atoms with van der Waals surface area (Å²) in [6.45, 7) is 3.12. The van der Waals surface area contributed by atoms with Crippen molar-refractivity contribution in [3.05, 3.63) is 24.3 Å². The highest BCUT2D eigenvalue weighted by atomic mass is 31.2. The van der Waals surface area contributed by atoms with E-state index in [1.54, 1.807) is 0 Å². The average Bonchev–Trinajstić information content (AvgIpc) is 3.07. The Labute approximate surface area is 292 Å². The second-order valence-corrected chi connectivity index (χ2v) is 14.1. The smallest absolute Gasteiger partial charge is 0.462 e. The zero-order valence-electron chi connectivity index (χ0n) is 29.5. The molecule has 1 saturated carbocycles. The molecule has 3 unspecified atom stereocenters. The van der Waals surface area contributed by atoms with Crippen LogP contribution in [0.5, 0.6) is 0 Å². The largest absolute Gasteiger partial charge is 0.472 e. The van der Waals surface area contributed by atoms with E-state index < -0.39 is 75.7 Å². The van der Waals surface area contributed by atoms with Crippen LogP contribution in [0.1, 0.15) is 129 Å². The SMILES string of the molecule is CCCCCCCC/C=C\C/C=C\CCCC(=O)O[C@H](COC(=O)CCCCCCCC)COP(=O)(O)OC1[C@H](O)[C@H](O)C(O)[C@H](O)[C@H]1O. The van der Waals surface area contributed by atoms with E-state index in [4.69, 9.17) is 18.5 Å². The third-order valence-electron chi connectivity index (χ3n) is 8.30. The van der Waals surface area contributed by atoms with Gasteiger partial charge in [-0.1, -0.05) is 102 Å². The second-order valence-electron chi connectivity index (χ2n) is 12.7. The lowest BCUT2D eigenvalue weighted by Crippen LogP contribution is -2.64. The van der Waals surface area contributed by atoms with Gasteiger partial charge in [0.05, 0.1) is 6.61 Å². The Morgan fingerprint density at radius 3 is 1.71 bits per heavy atom. The number of esters is 2. The van der Waals surface area contributed by atoms with Crippen molar-refractivity contribution in [1.82, 2.24) is 0 Å². The zero-order chi connectivity index (χ0) is 36.5. The third kappa shape index (κ3) is 20.7. The first-order valence-electron chi connectivity index (χ1n) is 18.1. The van der Waals surface area contributed by atoms with Crippen molar-refractivity contribution in [3.8, 4) is 0 Å². The fourth-order valence-electron chi connectivity index (χ4n) is 5.27. The molecule has 0 aliphatic heterocycles. The Kier molecular flexibility index (Phi) is 25.0. The molecule has 0 saturated heterocycles. The van der Waals surface area contributed by atoms with Gasteiger partial charge >= 0.3 is 19.8 Å². The molecule has 0 spiro atoms. The van der Waals surface area contributed by atoms with Gasteiger partial charge in [-0.15, -0.1) is 0 Å². The zero-order valence-corrected chi connectivity index (χ0v) is 30.4. The highest BCUT2D eigenvalue weighted by molar-refractivity contribution is 7.47. The van der Waals surface area contributed by atoms with Crippen LogP contribution in [0.25, 0.3) is 0 Å². The molecular formula is C35H63O13P. The summed E-state index contributed by atoms with van der Waals surface area (Å²) < 4.78 is 33.1. The molecule has 286 valence electrons. The van der Waals surface area contributed by atoms with Gasteiger partial charge in [-0.2, -0.15) is 0 Å². The van der Waals surface area contributed by atoms with E-state index in [1.165, 1.54) is 38.5 Å². The Morgan fingerprint density at radius 2 is 1.12 bits per heavy atom. The van der Waals surface area contributed by atoms with Gasteiger partial charge in [-0.3, -0.25) is 18.6 Å². The molecule has 0 amide bonds. The summed E-state index contributed by atoms with van der Waals surface area (Å²) in [5.74, 6) is -1.17. The summed E-state index contributed by atoms with van der Waals surface area (Å²) in [6.07, 6.45) is 11.7. The molecular weight excluding hydrogens is 659 g/mol. The number of unbranched alkanes of at least 4 members (excludes halogenated alkanes) is 12. The number of rotatable bonds is 28. The third-order valence-corrected chi connectivity index (χ3v) is 9.28. The van der Waals surface area contributed by atoms with Crippen molar-refractivity contribution in [1.29, 1.82) is 0 Å². The minimum absolute atomic E-state index is 0.0340. The van der Waals surface area contributed by atoms with Gasteiger partial charge in [-0.05, 0) is 38.5 Å². The molecule has 6 N–H and O–H groups in total. The predicted octanol–water partition coefficient (Wildman–Crippen LogP) is 4.94.